The third-order valence-electron chi connectivity index (χ3n) is 4.11. The van der Waals surface area contributed by atoms with Crippen LogP contribution in [0.25, 0.3) is 11.4 Å². The van der Waals surface area contributed by atoms with Gasteiger partial charge in [0.2, 0.25) is 17.6 Å². The molecule has 0 unspecified atom stereocenters. The smallest absolute Gasteiger partial charge is 0.227 e. The summed E-state index contributed by atoms with van der Waals surface area (Å²) in [6.07, 6.45) is 0.718. The van der Waals surface area contributed by atoms with Crippen molar-refractivity contribution >= 4 is 17.5 Å². The van der Waals surface area contributed by atoms with Gasteiger partial charge in [-0.25, -0.2) is 0 Å². The molecule has 3 aromatic rings. The minimum atomic E-state index is -0.0287. The van der Waals surface area contributed by atoms with Gasteiger partial charge in [-0.15, -0.1) is 0 Å². The lowest BCUT2D eigenvalue weighted by Gasteiger charge is -2.12. The third-order valence-corrected chi connectivity index (χ3v) is 4.36. The Bertz CT molecular complexity index is 847. The minimum absolute atomic E-state index is 0.0287. The number of nitrogens with one attached hydrogen (secondary N) is 1. The Morgan fingerprint density at radius 3 is 2.62 bits per heavy atom. The lowest BCUT2D eigenvalue weighted by Crippen LogP contribution is -2.27. The second-order valence-electron chi connectivity index (χ2n) is 6.13. The Morgan fingerprint density at radius 2 is 1.88 bits per heavy atom. The number of benzene rings is 2. The van der Waals surface area contributed by atoms with Crippen LogP contribution in [0.1, 0.15) is 30.7 Å². The lowest BCUT2D eigenvalue weighted by molar-refractivity contribution is -0.121. The average Bonchev–Trinajstić information content (AvgIpc) is 3.14. The second kappa shape index (κ2) is 8.63. The molecule has 26 heavy (non-hydrogen) atoms. The maximum absolute atomic E-state index is 12.1. The van der Waals surface area contributed by atoms with Crippen molar-refractivity contribution in [3.63, 3.8) is 0 Å². The van der Waals surface area contributed by atoms with Gasteiger partial charge in [0, 0.05) is 30.0 Å². The summed E-state index contributed by atoms with van der Waals surface area (Å²) in [5.74, 6) is 1.18. The van der Waals surface area contributed by atoms with E-state index >= 15 is 0 Å². The molecule has 2 aromatic carbocycles. The molecule has 0 bridgehead atoms. The van der Waals surface area contributed by atoms with E-state index in [1.165, 1.54) is 5.56 Å². The molecular weight excluding hydrogens is 350 g/mol. The SMILES string of the molecule is C[C@H](CNC(=O)CCc1nc(-c2ccc(Cl)cc2)no1)c1ccccc1. The van der Waals surface area contributed by atoms with E-state index in [1.807, 2.05) is 30.3 Å². The number of hydrogen-bond acceptors (Lipinski definition) is 4. The number of carbonyl (C=O) groups excluding carboxylic acids is 1. The molecule has 0 aliphatic heterocycles. The van der Waals surface area contributed by atoms with E-state index in [0.29, 0.717) is 36.1 Å². The Kier molecular flexibility index (Phi) is 6.02. The molecule has 1 amide bonds. The highest BCUT2D eigenvalue weighted by Crippen LogP contribution is 2.19. The van der Waals surface area contributed by atoms with Crippen molar-refractivity contribution < 1.29 is 9.32 Å². The molecule has 0 saturated heterocycles. The van der Waals surface area contributed by atoms with E-state index in [9.17, 15) is 4.79 Å². The van der Waals surface area contributed by atoms with E-state index < -0.39 is 0 Å². The van der Waals surface area contributed by atoms with Crippen molar-refractivity contribution in [3.8, 4) is 11.4 Å². The molecule has 0 aliphatic carbocycles. The maximum atomic E-state index is 12.1. The summed E-state index contributed by atoms with van der Waals surface area (Å²) in [4.78, 5) is 16.4. The Hall–Kier alpha value is -2.66. The van der Waals surface area contributed by atoms with Crippen molar-refractivity contribution in [1.82, 2.24) is 15.5 Å². The zero-order valence-corrected chi connectivity index (χ0v) is 15.2. The predicted molar refractivity (Wildman–Crippen MR) is 101 cm³/mol. The molecule has 5 nitrogen and oxygen atoms in total. The van der Waals surface area contributed by atoms with Gasteiger partial charge in [-0.05, 0) is 35.7 Å². The monoisotopic (exact) mass is 369 g/mol. The van der Waals surface area contributed by atoms with E-state index in [0.717, 1.165) is 5.56 Å². The van der Waals surface area contributed by atoms with Crippen molar-refractivity contribution in [2.75, 3.05) is 6.54 Å². The van der Waals surface area contributed by atoms with Gasteiger partial charge in [-0.1, -0.05) is 54.0 Å². The number of aromatic nitrogens is 2. The van der Waals surface area contributed by atoms with Crippen LogP contribution in [0.2, 0.25) is 5.02 Å². The molecule has 6 heteroatoms. The molecule has 0 saturated carbocycles. The number of nitrogens with zero attached hydrogens (tertiary/aromatic N) is 2. The van der Waals surface area contributed by atoms with Gasteiger partial charge in [0.05, 0.1) is 0 Å². The Labute approximate surface area is 157 Å². The van der Waals surface area contributed by atoms with Crippen LogP contribution in [0, 0.1) is 0 Å². The number of hydrogen-bond donors (Lipinski definition) is 1. The molecule has 1 heterocycles. The lowest BCUT2D eigenvalue weighted by atomic mass is 10.0. The van der Waals surface area contributed by atoms with Crippen molar-refractivity contribution in [3.05, 3.63) is 71.1 Å². The molecule has 0 aliphatic rings. The van der Waals surface area contributed by atoms with Crippen molar-refractivity contribution in [1.29, 1.82) is 0 Å². The minimum Gasteiger partial charge on any atom is -0.355 e. The second-order valence-corrected chi connectivity index (χ2v) is 6.57. The summed E-state index contributed by atoms with van der Waals surface area (Å²) in [6, 6.07) is 17.3. The number of aryl methyl sites for hydroxylation is 1. The highest BCUT2D eigenvalue weighted by atomic mass is 35.5. The van der Waals surface area contributed by atoms with Gasteiger partial charge in [0.15, 0.2) is 0 Å². The van der Waals surface area contributed by atoms with Crippen LogP contribution in [0.5, 0.6) is 0 Å². The van der Waals surface area contributed by atoms with Gasteiger partial charge in [0.25, 0.3) is 0 Å². The fourth-order valence-electron chi connectivity index (χ4n) is 2.55. The summed E-state index contributed by atoms with van der Waals surface area (Å²) < 4.78 is 5.22. The van der Waals surface area contributed by atoms with Crippen molar-refractivity contribution in [2.24, 2.45) is 0 Å². The van der Waals surface area contributed by atoms with Gasteiger partial charge in [-0.3, -0.25) is 4.79 Å². The van der Waals surface area contributed by atoms with Gasteiger partial charge >= 0.3 is 0 Å². The molecule has 0 spiro atoms. The van der Waals surface area contributed by atoms with Crippen LogP contribution in [-0.4, -0.2) is 22.6 Å². The van der Waals surface area contributed by atoms with Gasteiger partial charge in [-0.2, -0.15) is 4.98 Å². The molecule has 3 rings (SSSR count). The fraction of sp³-hybridized carbons (Fsp3) is 0.250. The first kappa shape index (κ1) is 18.1. The number of halogens is 1. The fourth-order valence-corrected chi connectivity index (χ4v) is 2.67. The van der Waals surface area contributed by atoms with Crippen LogP contribution in [0.4, 0.5) is 0 Å². The largest absolute Gasteiger partial charge is 0.355 e. The van der Waals surface area contributed by atoms with Crippen molar-refractivity contribution in [2.45, 2.75) is 25.7 Å². The molecular formula is C20H20ClN3O2. The zero-order chi connectivity index (χ0) is 18.4. The van der Waals surface area contributed by atoms with Crippen LogP contribution in [-0.2, 0) is 11.2 Å². The normalized spacial score (nSPS) is 11.9. The van der Waals surface area contributed by atoms with Crippen LogP contribution in [0.15, 0.2) is 59.1 Å². The number of rotatable bonds is 7. The molecule has 0 fully saturated rings. The van der Waals surface area contributed by atoms with E-state index in [2.05, 4.69) is 34.5 Å². The molecule has 0 radical (unpaired) electrons. The topological polar surface area (TPSA) is 68.0 Å². The van der Waals surface area contributed by atoms with Gasteiger partial charge < -0.3 is 9.84 Å². The first-order valence-corrected chi connectivity index (χ1v) is 8.90. The zero-order valence-electron chi connectivity index (χ0n) is 14.5. The molecule has 1 N–H and O–H groups in total. The Morgan fingerprint density at radius 1 is 1.15 bits per heavy atom. The van der Waals surface area contributed by atoms with Crippen LogP contribution in [0.3, 0.4) is 0 Å². The summed E-state index contributed by atoms with van der Waals surface area (Å²) in [7, 11) is 0. The highest BCUT2D eigenvalue weighted by Gasteiger charge is 2.12. The molecule has 1 atom stereocenters. The summed E-state index contributed by atoms with van der Waals surface area (Å²) in [5, 5.41) is 7.55. The quantitative estimate of drug-likeness (QED) is 0.676. The van der Waals surface area contributed by atoms with E-state index in [4.69, 9.17) is 16.1 Å². The predicted octanol–water partition coefficient (Wildman–Crippen LogP) is 4.24. The summed E-state index contributed by atoms with van der Waals surface area (Å²) in [6.45, 7) is 2.69. The number of carbonyl (C=O) groups is 1. The Balaban J connectivity index is 1.47. The average molecular weight is 370 g/mol. The van der Waals surface area contributed by atoms with E-state index in [-0.39, 0.29) is 11.8 Å². The van der Waals surface area contributed by atoms with E-state index in [1.54, 1.807) is 12.1 Å². The summed E-state index contributed by atoms with van der Waals surface area (Å²) in [5.41, 5.74) is 2.03. The first-order valence-electron chi connectivity index (χ1n) is 8.52. The van der Waals surface area contributed by atoms with Gasteiger partial charge in [0.1, 0.15) is 0 Å². The summed E-state index contributed by atoms with van der Waals surface area (Å²) >= 11 is 5.87. The third kappa shape index (κ3) is 4.92. The van der Waals surface area contributed by atoms with Crippen LogP contribution >= 0.6 is 11.6 Å². The molecule has 1 aromatic heterocycles. The standard InChI is InChI=1S/C20H20ClN3O2/c1-14(15-5-3-2-4-6-15)13-22-18(25)11-12-19-23-20(24-26-19)16-7-9-17(21)10-8-16/h2-10,14H,11-13H2,1H3,(H,22,25)/t14-/m1/s1. The van der Waals surface area contributed by atoms with Crippen LogP contribution < -0.4 is 5.32 Å². The molecule has 134 valence electrons. The first-order chi connectivity index (χ1) is 12.6. The maximum Gasteiger partial charge on any atom is 0.227 e. The number of amides is 1. The highest BCUT2D eigenvalue weighted by molar-refractivity contribution is 6.30.